The van der Waals surface area contributed by atoms with E-state index in [4.69, 9.17) is 15.9 Å². The predicted octanol–water partition coefficient (Wildman–Crippen LogP) is 1.29. The summed E-state index contributed by atoms with van der Waals surface area (Å²) >= 11 is 3.40. The highest BCUT2D eigenvalue weighted by Crippen LogP contribution is 2.22. The first-order valence-electron chi connectivity index (χ1n) is 5.40. The van der Waals surface area contributed by atoms with Crippen molar-refractivity contribution in [2.45, 2.75) is 13.0 Å². The van der Waals surface area contributed by atoms with Crippen molar-refractivity contribution in [3.8, 4) is 0 Å². The van der Waals surface area contributed by atoms with Gasteiger partial charge in [-0.05, 0) is 34.5 Å². The van der Waals surface area contributed by atoms with Gasteiger partial charge in [0.2, 0.25) is 0 Å². The second kappa shape index (κ2) is 5.01. The Bertz CT molecular complexity index is 437. The fourth-order valence-electron chi connectivity index (χ4n) is 1.89. The summed E-state index contributed by atoms with van der Waals surface area (Å²) in [5, 5.41) is 7.43. The smallest absolute Gasteiger partial charge is 0.131 e. The number of ether oxygens (including phenoxy) is 1. The summed E-state index contributed by atoms with van der Waals surface area (Å²) in [4.78, 5) is 6.52. The fourth-order valence-corrected chi connectivity index (χ4v) is 2.34. The molecule has 0 radical (unpaired) electrons. The lowest BCUT2D eigenvalue weighted by Crippen LogP contribution is -2.48. The van der Waals surface area contributed by atoms with Crippen LogP contribution >= 0.6 is 15.9 Å². The van der Waals surface area contributed by atoms with E-state index in [0.29, 0.717) is 13.2 Å². The van der Waals surface area contributed by atoms with Crippen LogP contribution in [0.15, 0.2) is 16.7 Å². The number of nitrogens with two attached hydrogens (primary N) is 1. The molecule has 2 heterocycles. The molecule has 1 aliphatic heterocycles. The van der Waals surface area contributed by atoms with Gasteiger partial charge in [-0.15, -0.1) is 0 Å². The Morgan fingerprint density at radius 1 is 1.71 bits per heavy atom. The van der Waals surface area contributed by atoms with Gasteiger partial charge in [-0.3, -0.25) is 5.41 Å². The number of rotatable bonds is 2. The van der Waals surface area contributed by atoms with Crippen molar-refractivity contribution in [2.24, 2.45) is 5.73 Å². The fraction of sp³-hybridized carbons (Fsp3) is 0.455. The zero-order valence-corrected chi connectivity index (χ0v) is 11.2. The van der Waals surface area contributed by atoms with Gasteiger partial charge in [-0.25, -0.2) is 4.98 Å². The monoisotopic (exact) mass is 298 g/mol. The summed E-state index contributed by atoms with van der Waals surface area (Å²) in [6.45, 7) is 3.96. The minimum atomic E-state index is -0.325. The van der Waals surface area contributed by atoms with E-state index in [2.05, 4.69) is 25.8 Å². The molecule has 0 aromatic carbocycles. The number of morpholine rings is 1. The molecule has 92 valence electrons. The largest absolute Gasteiger partial charge is 0.385 e. The third kappa shape index (κ3) is 2.76. The lowest BCUT2D eigenvalue weighted by atomic mass is 10.2. The molecule has 0 spiro atoms. The van der Waals surface area contributed by atoms with E-state index >= 15 is 0 Å². The summed E-state index contributed by atoms with van der Waals surface area (Å²) in [6, 6.07) is 2.03. The molecule has 0 bridgehead atoms. The molecule has 17 heavy (non-hydrogen) atoms. The standard InChI is InChI=1S/C11H15BrN4O/c1-7-4-8(12)5-15-11(7)16-2-3-17-9(6-16)10(13)14/h4-5,9H,2-3,6H2,1H3,(H3,13,14). The first kappa shape index (κ1) is 12.3. The van der Waals surface area contributed by atoms with Gasteiger partial charge in [0.1, 0.15) is 17.8 Å². The van der Waals surface area contributed by atoms with Crippen LogP contribution in [0.3, 0.4) is 0 Å². The highest BCUT2D eigenvalue weighted by Gasteiger charge is 2.24. The number of nitrogens with one attached hydrogen (secondary N) is 1. The van der Waals surface area contributed by atoms with Crippen LogP contribution in [0.25, 0.3) is 0 Å². The third-order valence-electron chi connectivity index (χ3n) is 2.73. The summed E-state index contributed by atoms with van der Waals surface area (Å²) in [5.74, 6) is 1.01. The van der Waals surface area contributed by atoms with Gasteiger partial charge in [0.25, 0.3) is 0 Å². The third-order valence-corrected chi connectivity index (χ3v) is 3.16. The highest BCUT2D eigenvalue weighted by molar-refractivity contribution is 9.10. The van der Waals surface area contributed by atoms with Crippen LogP contribution in [0.4, 0.5) is 5.82 Å². The number of anilines is 1. The zero-order chi connectivity index (χ0) is 12.4. The van der Waals surface area contributed by atoms with Gasteiger partial charge in [0.05, 0.1) is 13.2 Å². The van der Waals surface area contributed by atoms with Crippen molar-refractivity contribution in [1.82, 2.24) is 4.98 Å². The normalized spacial score (nSPS) is 20.4. The maximum Gasteiger partial charge on any atom is 0.131 e. The Morgan fingerprint density at radius 2 is 2.47 bits per heavy atom. The lowest BCUT2D eigenvalue weighted by Gasteiger charge is -2.33. The maximum absolute atomic E-state index is 7.43. The van der Waals surface area contributed by atoms with E-state index < -0.39 is 0 Å². The number of nitrogens with zero attached hydrogens (tertiary/aromatic N) is 2. The van der Waals surface area contributed by atoms with Gasteiger partial charge in [-0.2, -0.15) is 0 Å². The van der Waals surface area contributed by atoms with Crippen molar-refractivity contribution < 1.29 is 4.74 Å². The second-order valence-electron chi connectivity index (χ2n) is 4.05. The van der Waals surface area contributed by atoms with Crippen LogP contribution in [0.1, 0.15) is 5.56 Å². The second-order valence-corrected chi connectivity index (χ2v) is 4.97. The van der Waals surface area contributed by atoms with Crippen molar-refractivity contribution in [3.63, 3.8) is 0 Å². The van der Waals surface area contributed by atoms with Crippen molar-refractivity contribution in [1.29, 1.82) is 5.41 Å². The summed E-state index contributed by atoms with van der Waals surface area (Å²) in [6.07, 6.45) is 1.45. The number of halogens is 1. The maximum atomic E-state index is 7.43. The summed E-state index contributed by atoms with van der Waals surface area (Å²) < 4.78 is 6.39. The summed E-state index contributed by atoms with van der Waals surface area (Å²) in [7, 11) is 0. The molecule has 5 nitrogen and oxygen atoms in total. The molecule has 0 saturated carbocycles. The molecular weight excluding hydrogens is 284 g/mol. The minimum absolute atomic E-state index is 0.0736. The molecule has 1 fully saturated rings. The van der Waals surface area contributed by atoms with Crippen LogP contribution < -0.4 is 10.6 Å². The predicted molar refractivity (Wildman–Crippen MR) is 70.5 cm³/mol. The molecule has 6 heteroatoms. The molecule has 3 N–H and O–H groups in total. The molecule has 1 atom stereocenters. The number of pyridine rings is 1. The Hall–Kier alpha value is -1.14. The average molecular weight is 299 g/mol. The number of hydrogen-bond acceptors (Lipinski definition) is 4. The Balaban J connectivity index is 2.19. The van der Waals surface area contributed by atoms with E-state index in [1.54, 1.807) is 6.20 Å². The highest BCUT2D eigenvalue weighted by atomic mass is 79.9. The SMILES string of the molecule is Cc1cc(Br)cnc1N1CCOC(C(=N)N)C1. The number of aryl methyl sites for hydroxylation is 1. The molecule has 1 aliphatic rings. The Morgan fingerprint density at radius 3 is 3.12 bits per heavy atom. The molecule has 0 amide bonds. The number of hydrogen-bond donors (Lipinski definition) is 2. The molecule has 1 unspecified atom stereocenters. The lowest BCUT2D eigenvalue weighted by molar-refractivity contribution is 0.0823. The van der Waals surface area contributed by atoms with E-state index in [-0.39, 0.29) is 11.9 Å². The van der Waals surface area contributed by atoms with E-state index in [1.165, 1.54) is 0 Å². The minimum Gasteiger partial charge on any atom is -0.385 e. The van der Waals surface area contributed by atoms with Gasteiger partial charge < -0.3 is 15.4 Å². The number of amidine groups is 1. The number of aromatic nitrogens is 1. The van der Waals surface area contributed by atoms with E-state index in [1.807, 2.05) is 13.0 Å². The Kier molecular flexibility index (Phi) is 3.63. The van der Waals surface area contributed by atoms with Crippen LogP contribution in [0.5, 0.6) is 0 Å². The van der Waals surface area contributed by atoms with Crippen LogP contribution in [0.2, 0.25) is 0 Å². The van der Waals surface area contributed by atoms with E-state index in [0.717, 1.165) is 22.4 Å². The van der Waals surface area contributed by atoms with Crippen LogP contribution in [-0.2, 0) is 4.74 Å². The molecule has 0 aliphatic carbocycles. The first-order valence-corrected chi connectivity index (χ1v) is 6.20. The average Bonchev–Trinajstić information content (AvgIpc) is 2.29. The van der Waals surface area contributed by atoms with Gasteiger partial charge in [0.15, 0.2) is 0 Å². The molecule has 1 aromatic rings. The van der Waals surface area contributed by atoms with Crippen molar-refractivity contribution in [3.05, 3.63) is 22.3 Å². The van der Waals surface area contributed by atoms with Gasteiger partial charge in [-0.1, -0.05) is 0 Å². The summed E-state index contributed by atoms with van der Waals surface area (Å²) in [5.41, 5.74) is 6.57. The van der Waals surface area contributed by atoms with Gasteiger partial charge in [0, 0.05) is 17.2 Å². The molecule has 2 rings (SSSR count). The van der Waals surface area contributed by atoms with Crippen LogP contribution in [-0.4, -0.2) is 36.6 Å². The molecule has 1 saturated heterocycles. The first-order chi connectivity index (χ1) is 8.08. The quantitative estimate of drug-likeness (QED) is 0.637. The molecule has 1 aromatic heterocycles. The Labute approximate surface area is 109 Å². The van der Waals surface area contributed by atoms with Crippen molar-refractivity contribution >= 4 is 27.6 Å². The van der Waals surface area contributed by atoms with Crippen LogP contribution in [0, 0.1) is 12.3 Å². The zero-order valence-electron chi connectivity index (χ0n) is 9.61. The van der Waals surface area contributed by atoms with Crippen molar-refractivity contribution in [2.75, 3.05) is 24.6 Å². The van der Waals surface area contributed by atoms with Gasteiger partial charge >= 0.3 is 0 Å². The topological polar surface area (TPSA) is 75.2 Å². The van der Waals surface area contributed by atoms with E-state index in [9.17, 15) is 0 Å². The molecular formula is C11H15BrN4O.